The SMILES string of the molecule is COC(=O)Cc1c(C)n(C)c2ccc(OC(C)=O)c(F)c12. The Morgan fingerprint density at radius 3 is 2.57 bits per heavy atom. The van der Waals surface area contributed by atoms with Crippen LogP contribution in [0.1, 0.15) is 18.2 Å². The van der Waals surface area contributed by atoms with E-state index >= 15 is 0 Å². The number of nitrogens with zero attached hydrogens (tertiary/aromatic N) is 1. The summed E-state index contributed by atoms with van der Waals surface area (Å²) >= 11 is 0. The summed E-state index contributed by atoms with van der Waals surface area (Å²) in [6, 6.07) is 3.06. The van der Waals surface area contributed by atoms with E-state index in [0.29, 0.717) is 11.1 Å². The van der Waals surface area contributed by atoms with Crippen molar-refractivity contribution in [2.75, 3.05) is 7.11 Å². The van der Waals surface area contributed by atoms with Gasteiger partial charge in [0, 0.05) is 25.1 Å². The number of benzene rings is 1. The monoisotopic (exact) mass is 293 g/mol. The zero-order valence-electron chi connectivity index (χ0n) is 12.3. The summed E-state index contributed by atoms with van der Waals surface area (Å²) < 4.78 is 25.9. The third-order valence-corrected chi connectivity index (χ3v) is 3.49. The van der Waals surface area contributed by atoms with Gasteiger partial charge in [-0.05, 0) is 24.6 Å². The molecule has 0 atom stereocenters. The van der Waals surface area contributed by atoms with Crippen LogP contribution in [0.15, 0.2) is 12.1 Å². The average molecular weight is 293 g/mol. The highest BCUT2D eigenvalue weighted by molar-refractivity contribution is 5.91. The zero-order chi connectivity index (χ0) is 15.7. The van der Waals surface area contributed by atoms with Crippen molar-refractivity contribution < 1.29 is 23.5 Å². The summed E-state index contributed by atoms with van der Waals surface area (Å²) in [5.41, 5.74) is 1.92. The molecule has 1 aromatic carbocycles. The molecule has 0 saturated heterocycles. The predicted molar refractivity (Wildman–Crippen MR) is 74.6 cm³/mol. The molecule has 2 rings (SSSR count). The molecule has 0 unspecified atom stereocenters. The first-order valence-electron chi connectivity index (χ1n) is 6.38. The summed E-state index contributed by atoms with van der Waals surface area (Å²) in [6.07, 6.45) is -0.0415. The quantitative estimate of drug-likeness (QED) is 0.643. The molecule has 0 aliphatic carbocycles. The Balaban J connectivity index is 2.68. The minimum absolute atomic E-state index is 0.0415. The highest BCUT2D eigenvalue weighted by atomic mass is 19.1. The highest BCUT2D eigenvalue weighted by Crippen LogP contribution is 2.33. The second-order valence-corrected chi connectivity index (χ2v) is 4.74. The summed E-state index contributed by atoms with van der Waals surface area (Å²) in [5, 5.41) is 0.277. The number of methoxy groups -OCH3 is 1. The molecule has 21 heavy (non-hydrogen) atoms. The van der Waals surface area contributed by atoms with Crippen LogP contribution in [0, 0.1) is 12.7 Å². The van der Waals surface area contributed by atoms with Crippen molar-refractivity contribution in [3.05, 3.63) is 29.2 Å². The van der Waals surface area contributed by atoms with Crippen LogP contribution in [0.2, 0.25) is 0 Å². The van der Waals surface area contributed by atoms with Gasteiger partial charge in [0.25, 0.3) is 0 Å². The maximum absolute atomic E-state index is 14.6. The Kier molecular flexibility index (Phi) is 3.97. The molecule has 0 bridgehead atoms. The molecule has 2 aromatic rings. The van der Waals surface area contributed by atoms with E-state index in [1.54, 1.807) is 24.6 Å². The van der Waals surface area contributed by atoms with Crippen LogP contribution in [0.5, 0.6) is 5.75 Å². The molecule has 1 heterocycles. The minimum Gasteiger partial charge on any atom is -0.469 e. The maximum Gasteiger partial charge on any atom is 0.310 e. The fourth-order valence-corrected chi connectivity index (χ4v) is 2.34. The number of aromatic nitrogens is 1. The highest BCUT2D eigenvalue weighted by Gasteiger charge is 2.21. The molecule has 1 aromatic heterocycles. The van der Waals surface area contributed by atoms with E-state index in [9.17, 15) is 14.0 Å². The lowest BCUT2D eigenvalue weighted by Gasteiger charge is -2.05. The maximum atomic E-state index is 14.6. The van der Waals surface area contributed by atoms with Gasteiger partial charge in [-0.25, -0.2) is 4.39 Å². The van der Waals surface area contributed by atoms with Gasteiger partial charge in [0.15, 0.2) is 11.6 Å². The molecule has 0 saturated carbocycles. The Labute approximate surface area is 121 Å². The molecular weight excluding hydrogens is 277 g/mol. The topological polar surface area (TPSA) is 57.5 Å². The fraction of sp³-hybridized carbons (Fsp3) is 0.333. The van der Waals surface area contributed by atoms with E-state index in [0.717, 1.165) is 5.69 Å². The van der Waals surface area contributed by atoms with Gasteiger partial charge in [0.05, 0.1) is 19.0 Å². The number of rotatable bonds is 3. The molecule has 0 spiro atoms. The second-order valence-electron chi connectivity index (χ2n) is 4.74. The van der Waals surface area contributed by atoms with Crippen LogP contribution in [-0.4, -0.2) is 23.6 Å². The van der Waals surface area contributed by atoms with Crippen molar-refractivity contribution in [3.8, 4) is 5.75 Å². The summed E-state index contributed by atoms with van der Waals surface area (Å²) in [6.45, 7) is 3.00. The van der Waals surface area contributed by atoms with Crippen LogP contribution < -0.4 is 4.74 Å². The molecule has 0 aliphatic heterocycles. The Hall–Kier alpha value is -2.37. The number of aryl methyl sites for hydroxylation is 1. The third-order valence-electron chi connectivity index (χ3n) is 3.49. The van der Waals surface area contributed by atoms with E-state index in [-0.39, 0.29) is 17.6 Å². The number of fused-ring (bicyclic) bond motifs is 1. The number of ether oxygens (including phenoxy) is 2. The van der Waals surface area contributed by atoms with E-state index in [2.05, 4.69) is 4.74 Å². The first-order chi connectivity index (χ1) is 9.86. The van der Waals surface area contributed by atoms with Crippen molar-refractivity contribution >= 4 is 22.8 Å². The van der Waals surface area contributed by atoms with Gasteiger partial charge in [-0.3, -0.25) is 9.59 Å². The first-order valence-corrected chi connectivity index (χ1v) is 6.38. The van der Waals surface area contributed by atoms with E-state index < -0.39 is 17.8 Å². The molecule has 0 N–H and O–H groups in total. The van der Waals surface area contributed by atoms with Gasteiger partial charge in [-0.15, -0.1) is 0 Å². The van der Waals surface area contributed by atoms with Gasteiger partial charge in [-0.2, -0.15) is 0 Å². The standard InChI is InChI=1S/C15H16FNO4/c1-8-10(7-13(19)20-4)14-11(17(8)3)5-6-12(15(14)16)21-9(2)18/h5-6H,7H2,1-4H3. The van der Waals surface area contributed by atoms with Crippen LogP contribution in [0.4, 0.5) is 4.39 Å². The predicted octanol–water partition coefficient (Wildman–Crippen LogP) is 2.27. The summed E-state index contributed by atoms with van der Waals surface area (Å²) in [7, 11) is 3.06. The summed E-state index contributed by atoms with van der Waals surface area (Å²) in [4.78, 5) is 22.5. The molecule has 5 nitrogen and oxygen atoms in total. The molecule has 6 heteroatoms. The van der Waals surface area contributed by atoms with Crippen LogP contribution in [0.3, 0.4) is 0 Å². The van der Waals surface area contributed by atoms with Gasteiger partial charge in [0.2, 0.25) is 0 Å². The fourth-order valence-electron chi connectivity index (χ4n) is 2.34. The molecule has 0 amide bonds. The second kappa shape index (κ2) is 5.55. The summed E-state index contributed by atoms with van der Waals surface area (Å²) in [5.74, 6) is -1.85. The van der Waals surface area contributed by atoms with Crippen LogP contribution in [-0.2, 0) is 27.8 Å². The largest absolute Gasteiger partial charge is 0.469 e. The van der Waals surface area contributed by atoms with Crippen molar-refractivity contribution in [3.63, 3.8) is 0 Å². The minimum atomic E-state index is -0.648. The number of hydrogen-bond acceptors (Lipinski definition) is 4. The number of carbonyl (C=O) groups excluding carboxylic acids is 2. The van der Waals surface area contributed by atoms with Gasteiger partial charge >= 0.3 is 11.9 Å². The van der Waals surface area contributed by atoms with Crippen molar-refractivity contribution in [2.24, 2.45) is 7.05 Å². The van der Waals surface area contributed by atoms with E-state index in [4.69, 9.17) is 4.74 Å². The first kappa shape index (κ1) is 15.0. The van der Waals surface area contributed by atoms with Gasteiger partial charge < -0.3 is 14.0 Å². The van der Waals surface area contributed by atoms with Crippen molar-refractivity contribution in [2.45, 2.75) is 20.3 Å². The van der Waals surface area contributed by atoms with Crippen molar-refractivity contribution in [1.29, 1.82) is 0 Å². The molecule has 0 aliphatic rings. The third kappa shape index (κ3) is 2.61. The smallest absolute Gasteiger partial charge is 0.310 e. The number of esters is 2. The Morgan fingerprint density at radius 1 is 1.33 bits per heavy atom. The van der Waals surface area contributed by atoms with Gasteiger partial charge in [0.1, 0.15) is 0 Å². The lowest BCUT2D eigenvalue weighted by atomic mass is 10.1. The lowest BCUT2D eigenvalue weighted by Crippen LogP contribution is -2.06. The van der Waals surface area contributed by atoms with Crippen LogP contribution in [0.25, 0.3) is 10.9 Å². The normalized spacial score (nSPS) is 10.7. The van der Waals surface area contributed by atoms with Crippen LogP contribution >= 0.6 is 0 Å². The Morgan fingerprint density at radius 2 is 2.00 bits per heavy atom. The Bertz CT molecular complexity index is 733. The average Bonchev–Trinajstić information content (AvgIpc) is 2.67. The number of hydrogen-bond donors (Lipinski definition) is 0. The van der Waals surface area contributed by atoms with E-state index in [1.807, 2.05) is 0 Å². The number of carbonyl (C=O) groups is 2. The zero-order valence-corrected chi connectivity index (χ0v) is 12.3. The van der Waals surface area contributed by atoms with E-state index in [1.165, 1.54) is 20.1 Å². The molecular formula is C15H16FNO4. The lowest BCUT2D eigenvalue weighted by molar-refractivity contribution is -0.139. The molecule has 112 valence electrons. The molecule has 0 fully saturated rings. The van der Waals surface area contributed by atoms with Crippen molar-refractivity contribution in [1.82, 2.24) is 4.57 Å². The number of halogens is 1. The molecule has 0 radical (unpaired) electrons. The van der Waals surface area contributed by atoms with Gasteiger partial charge in [-0.1, -0.05) is 0 Å².